The molecule has 1 aromatic carbocycles. The first-order valence-electron chi connectivity index (χ1n) is 6.35. The predicted octanol–water partition coefficient (Wildman–Crippen LogP) is 3.58. The zero-order valence-electron chi connectivity index (χ0n) is 11.1. The first-order chi connectivity index (χ1) is 8.72. The van der Waals surface area contributed by atoms with Crippen LogP contribution in [0.3, 0.4) is 0 Å². The monoisotopic (exact) mass is 261 g/mol. The maximum Gasteiger partial charge on any atom is 0.195 e. The van der Waals surface area contributed by atoms with Crippen molar-refractivity contribution in [2.75, 3.05) is 5.75 Å². The Bertz CT molecular complexity index is 491. The minimum absolute atomic E-state index is 0.654. The summed E-state index contributed by atoms with van der Waals surface area (Å²) in [7, 11) is 0. The standard InChI is InChI=1S/C14H19N3S/c1-4-13-15-16-14(18-10-11(2)3)17(13)12-8-6-5-7-9-12/h5-9,11H,4,10H2,1-3H3. The highest BCUT2D eigenvalue weighted by molar-refractivity contribution is 7.99. The molecule has 0 fully saturated rings. The van der Waals surface area contributed by atoms with E-state index in [1.54, 1.807) is 11.8 Å². The number of thioether (sulfide) groups is 1. The molecule has 2 aromatic rings. The molecule has 3 nitrogen and oxygen atoms in total. The van der Waals surface area contributed by atoms with E-state index in [-0.39, 0.29) is 0 Å². The Labute approximate surface area is 113 Å². The average Bonchev–Trinajstić information content (AvgIpc) is 2.80. The van der Waals surface area contributed by atoms with Crippen LogP contribution in [0.2, 0.25) is 0 Å². The van der Waals surface area contributed by atoms with Gasteiger partial charge in [0.05, 0.1) is 0 Å². The molecule has 0 N–H and O–H groups in total. The van der Waals surface area contributed by atoms with Gasteiger partial charge in [0.1, 0.15) is 5.82 Å². The van der Waals surface area contributed by atoms with Crippen molar-refractivity contribution >= 4 is 11.8 Å². The molecule has 0 aliphatic rings. The topological polar surface area (TPSA) is 30.7 Å². The molecule has 0 spiro atoms. The summed E-state index contributed by atoms with van der Waals surface area (Å²) < 4.78 is 2.16. The van der Waals surface area contributed by atoms with Crippen LogP contribution < -0.4 is 0 Å². The first-order valence-corrected chi connectivity index (χ1v) is 7.33. The lowest BCUT2D eigenvalue weighted by atomic mass is 10.3. The van der Waals surface area contributed by atoms with Gasteiger partial charge in [0.15, 0.2) is 5.16 Å². The molecule has 4 heteroatoms. The van der Waals surface area contributed by atoms with Gasteiger partial charge in [0, 0.05) is 17.9 Å². The molecule has 18 heavy (non-hydrogen) atoms. The number of nitrogens with zero attached hydrogens (tertiary/aromatic N) is 3. The Morgan fingerprint density at radius 3 is 2.50 bits per heavy atom. The Hall–Kier alpha value is -1.29. The second-order valence-electron chi connectivity index (χ2n) is 4.63. The van der Waals surface area contributed by atoms with Crippen molar-refractivity contribution in [1.29, 1.82) is 0 Å². The Kier molecular flexibility index (Phi) is 4.42. The van der Waals surface area contributed by atoms with Gasteiger partial charge >= 0.3 is 0 Å². The van der Waals surface area contributed by atoms with Crippen LogP contribution in [0.15, 0.2) is 35.5 Å². The van der Waals surface area contributed by atoms with Gasteiger partial charge in [-0.05, 0) is 18.1 Å². The minimum Gasteiger partial charge on any atom is -0.274 e. The van der Waals surface area contributed by atoms with Gasteiger partial charge in [-0.1, -0.05) is 50.7 Å². The second kappa shape index (κ2) is 6.05. The molecule has 1 aromatic heterocycles. The highest BCUT2D eigenvalue weighted by Crippen LogP contribution is 2.23. The van der Waals surface area contributed by atoms with Gasteiger partial charge in [-0.3, -0.25) is 4.57 Å². The summed E-state index contributed by atoms with van der Waals surface area (Å²) in [6, 6.07) is 10.3. The largest absolute Gasteiger partial charge is 0.274 e. The van der Waals surface area contributed by atoms with Crippen molar-refractivity contribution in [3.05, 3.63) is 36.2 Å². The molecule has 0 bridgehead atoms. The summed E-state index contributed by atoms with van der Waals surface area (Å²) in [5, 5.41) is 9.58. The Morgan fingerprint density at radius 2 is 1.89 bits per heavy atom. The minimum atomic E-state index is 0.654. The maximum atomic E-state index is 4.31. The van der Waals surface area contributed by atoms with Crippen LogP contribution in [0.25, 0.3) is 5.69 Å². The lowest BCUT2D eigenvalue weighted by molar-refractivity contribution is 0.745. The summed E-state index contributed by atoms with van der Waals surface area (Å²) in [5.74, 6) is 2.74. The molecule has 0 atom stereocenters. The van der Waals surface area contributed by atoms with Crippen molar-refractivity contribution in [3.8, 4) is 5.69 Å². The normalized spacial score (nSPS) is 11.1. The van der Waals surface area contributed by atoms with Crippen LogP contribution in [0.5, 0.6) is 0 Å². The summed E-state index contributed by atoms with van der Waals surface area (Å²) in [5.41, 5.74) is 1.14. The third kappa shape index (κ3) is 2.93. The molecule has 0 saturated carbocycles. The number of para-hydroxylation sites is 1. The number of hydrogen-bond donors (Lipinski definition) is 0. The van der Waals surface area contributed by atoms with E-state index in [0.717, 1.165) is 28.8 Å². The number of benzene rings is 1. The van der Waals surface area contributed by atoms with Crippen LogP contribution in [0.1, 0.15) is 26.6 Å². The van der Waals surface area contributed by atoms with Crippen LogP contribution in [0.4, 0.5) is 0 Å². The van der Waals surface area contributed by atoms with Crippen molar-refractivity contribution in [2.24, 2.45) is 5.92 Å². The highest BCUT2D eigenvalue weighted by atomic mass is 32.2. The number of hydrogen-bond acceptors (Lipinski definition) is 3. The summed E-state index contributed by atoms with van der Waals surface area (Å²) in [6.45, 7) is 6.55. The molecule has 2 rings (SSSR count). The number of rotatable bonds is 5. The molecule has 0 aliphatic carbocycles. The average molecular weight is 261 g/mol. The quantitative estimate of drug-likeness (QED) is 0.771. The Morgan fingerprint density at radius 1 is 1.17 bits per heavy atom. The second-order valence-corrected chi connectivity index (χ2v) is 5.62. The van der Waals surface area contributed by atoms with E-state index in [2.05, 4.69) is 47.7 Å². The maximum absolute atomic E-state index is 4.31. The van der Waals surface area contributed by atoms with Crippen LogP contribution in [0, 0.1) is 5.92 Å². The van der Waals surface area contributed by atoms with Gasteiger partial charge in [0.2, 0.25) is 0 Å². The van der Waals surface area contributed by atoms with E-state index in [9.17, 15) is 0 Å². The van der Waals surface area contributed by atoms with Crippen molar-refractivity contribution in [3.63, 3.8) is 0 Å². The van der Waals surface area contributed by atoms with E-state index >= 15 is 0 Å². The van der Waals surface area contributed by atoms with Gasteiger partial charge in [-0.2, -0.15) is 0 Å². The molecular weight excluding hydrogens is 242 g/mol. The molecular formula is C14H19N3S. The zero-order valence-corrected chi connectivity index (χ0v) is 11.9. The Balaban J connectivity index is 2.34. The van der Waals surface area contributed by atoms with E-state index in [1.807, 2.05) is 18.2 Å². The van der Waals surface area contributed by atoms with Gasteiger partial charge < -0.3 is 0 Å². The molecule has 0 amide bonds. The van der Waals surface area contributed by atoms with Crippen molar-refractivity contribution in [2.45, 2.75) is 32.3 Å². The summed E-state index contributed by atoms with van der Waals surface area (Å²) >= 11 is 1.78. The number of aryl methyl sites for hydroxylation is 1. The van der Waals surface area contributed by atoms with E-state index in [4.69, 9.17) is 0 Å². The van der Waals surface area contributed by atoms with Gasteiger partial charge in [-0.15, -0.1) is 10.2 Å². The summed E-state index contributed by atoms with van der Waals surface area (Å²) in [6.07, 6.45) is 0.893. The lowest BCUT2D eigenvalue weighted by Gasteiger charge is -2.09. The molecule has 1 heterocycles. The fourth-order valence-electron chi connectivity index (χ4n) is 1.70. The molecule has 0 saturated heterocycles. The zero-order chi connectivity index (χ0) is 13.0. The van der Waals surface area contributed by atoms with E-state index in [1.165, 1.54) is 0 Å². The molecule has 0 aliphatic heterocycles. The van der Waals surface area contributed by atoms with E-state index < -0.39 is 0 Å². The molecule has 96 valence electrons. The fraction of sp³-hybridized carbons (Fsp3) is 0.429. The van der Waals surface area contributed by atoms with E-state index in [0.29, 0.717) is 5.92 Å². The third-order valence-electron chi connectivity index (χ3n) is 2.58. The third-order valence-corrected chi connectivity index (χ3v) is 3.93. The first kappa shape index (κ1) is 13.1. The molecule has 0 radical (unpaired) electrons. The van der Waals surface area contributed by atoms with Crippen LogP contribution in [-0.2, 0) is 6.42 Å². The summed E-state index contributed by atoms with van der Waals surface area (Å²) in [4.78, 5) is 0. The number of aromatic nitrogens is 3. The molecule has 0 unspecified atom stereocenters. The van der Waals surface area contributed by atoms with Gasteiger partial charge in [-0.25, -0.2) is 0 Å². The highest BCUT2D eigenvalue weighted by Gasteiger charge is 2.13. The van der Waals surface area contributed by atoms with Crippen LogP contribution in [-0.4, -0.2) is 20.5 Å². The SMILES string of the molecule is CCc1nnc(SCC(C)C)n1-c1ccccc1. The smallest absolute Gasteiger partial charge is 0.195 e. The fourth-order valence-corrected chi connectivity index (χ4v) is 2.62. The van der Waals surface area contributed by atoms with Gasteiger partial charge in [0.25, 0.3) is 0 Å². The van der Waals surface area contributed by atoms with Crippen LogP contribution >= 0.6 is 11.8 Å². The lowest BCUT2D eigenvalue weighted by Crippen LogP contribution is -2.02. The predicted molar refractivity (Wildman–Crippen MR) is 76.3 cm³/mol. The van der Waals surface area contributed by atoms with Crippen molar-refractivity contribution in [1.82, 2.24) is 14.8 Å². The van der Waals surface area contributed by atoms with Crippen molar-refractivity contribution < 1.29 is 0 Å².